The summed E-state index contributed by atoms with van der Waals surface area (Å²) in [6.07, 6.45) is 6.78. The van der Waals surface area contributed by atoms with Gasteiger partial charge in [0.25, 0.3) is 0 Å². The summed E-state index contributed by atoms with van der Waals surface area (Å²) in [4.78, 5) is 0. The molecule has 0 radical (unpaired) electrons. The zero-order valence-electron chi connectivity index (χ0n) is 18.8. The van der Waals surface area contributed by atoms with Crippen LogP contribution in [0, 0.1) is 0 Å². The van der Waals surface area contributed by atoms with E-state index in [1.165, 1.54) is 55.7 Å². The predicted octanol–water partition coefficient (Wildman–Crippen LogP) is 8.63. The van der Waals surface area contributed by atoms with Crippen LogP contribution in [-0.4, -0.2) is 0 Å². The Balaban J connectivity index is 0.000000135. The molecule has 32 heavy (non-hydrogen) atoms. The van der Waals surface area contributed by atoms with Gasteiger partial charge in [0.15, 0.2) is 0 Å². The fraction of sp³-hybridized carbons (Fsp3) is 0.125. The summed E-state index contributed by atoms with van der Waals surface area (Å²) < 4.78 is 0. The van der Waals surface area contributed by atoms with E-state index in [0.717, 1.165) is 12.8 Å². The van der Waals surface area contributed by atoms with Crippen LogP contribution in [0.25, 0.3) is 34.4 Å². The molecular formula is C32H28. The molecule has 0 spiro atoms. The van der Waals surface area contributed by atoms with Crippen LogP contribution in [0.15, 0.2) is 108 Å². The summed E-state index contributed by atoms with van der Waals surface area (Å²) in [5, 5.41) is 0. The van der Waals surface area contributed by atoms with E-state index in [-0.39, 0.29) is 0 Å². The molecule has 0 aromatic heterocycles. The molecular weight excluding hydrogens is 384 g/mol. The number of hydrogen-bond donors (Lipinski definition) is 0. The molecule has 2 aliphatic carbocycles. The summed E-state index contributed by atoms with van der Waals surface area (Å²) in [6.45, 7) is 4.41. The van der Waals surface area contributed by atoms with Crippen LogP contribution in [0.4, 0.5) is 0 Å². The van der Waals surface area contributed by atoms with Gasteiger partial charge in [0, 0.05) is 0 Å². The average molecular weight is 413 g/mol. The van der Waals surface area contributed by atoms with Gasteiger partial charge in [0.2, 0.25) is 0 Å². The van der Waals surface area contributed by atoms with Crippen molar-refractivity contribution in [3.05, 3.63) is 130 Å². The van der Waals surface area contributed by atoms with Gasteiger partial charge in [0.1, 0.15) is 0 Å². The van der Waals surface area contributed by atoms with Crippen molar-refractivity contribution in [3.8, 4) is 22.3 Å². The largest absolute Gasteiger partial charge is 0.0683 e. The molecule has 4 aromatic rings. The van der Waals surface area contributed by atoms with E-state index >= 15 is 0 Å². The summed E-state index contributed by atoms with van der Waals surface area (Å²) in [5.41, 5.74) is 14.1. The maximum absolute atomic E-state index is 2.29. The smallest absolute Gasteiger partial charge is 0.00544 e. The van der Waals surface area contributed by atoms with E-state index in [1.54, 1.807) is 0 Å². The molecule has 0 atom stereocenters. The Hall–Kier alpha value is -3.64. The Morgan fingerprint density at radius 3 is 1.25 bits per heavy atom. The van der Waals surface area contributed by atoms with Crippen LogP contribution in [-0.2, 0) is 12.8 Å². The van der Waals surface area contributed by atoms with Gasteiger partial charge in [0.05, 0.1) is 0 Å². The van der Waals surface area contributed by atoms with Crippen LogP contribution >= 0.6 is 0 Å². The van der Waals surface area contributed by atoms with Crippen LogP contribution in [0.3, 0.4) is 0 Å². The van der Waals surface area contributed by atoms with Crippen molar-refractivity contribution >= 4 is 12.2 Å². The monoisotopic (exact) mass is 412 g/mol. The Labute approximate surface area is 191 Å². The van der Waals surface area contributed by atoms with Crippen LogP contribution in [0.1, 0.15) is 36.1 Å². The molecule has 0 saturated carbocycles. The fourth-order valence-corrected chi connectivity index (χ4v) is 4.84. The Morgan fingerprint density at radius 1 is 0.438 bits per heavy atom. The van der Waals surface area contributed by atoms with Gasteiger partial charge < -0.3 is 0 Å². The van der Waals surface area contributed by atoms with Crippen molar-refractivity contribution < 1.29 is 0 Å². The lowest BCUT2D eigenvalue weighted by Gasteiger charge is -2.08. The Morgan fingerprint density at radius 2 is 0.844 bits per heavy atom. The third-order valence-corrected chi connectivity index (χ3v) is 6.31. The second-order valence-electron chi connectivity index (χ2n) is 8.81. The highest BCUT2D eigenvalue weighted by atomic mass is 14.2. The molecule has 0 nitrogen and oxygen atoms in total. The Bertz CT molecular complexity index is 1200. The normalized spacial score (nSPS) is 13.4. The van der Waals surface area contributed by atoms with Gasteiger partial charge >= 0.3 is 0 Å². The molecule has 0 amide bonds. The van der Waals surface area contributed by atoms with Crippen molar-refractivity contribution in [3.63, 3.8) is 0 Å². The number of allylic oxidation sites excluding steroid dienone is 2. The molecule has 0 saturated heterocycles. The maximum Gasteiger partial charge on any atom is -0.00544 e. The fourth-order valence-electron chi connectivity index (χ4n) is 4.84. The van der Waals surface area contributed by atoms with E-state index in [1.807, 2.05) is 0 Å². The molecule has 0 heteroatoms. The average Bonchev–Trinajstić information content (AvgIpc) is 3.41. The second-order valence-corrected chi connectivity index (χ2v) is 8.81. The number of benzene rings is 4. The molecule has 2 aliphatic rings. The minimum absolute atomic E-state index is 1.10. The molecule has 0 heterocycles. The van der Waals surface area contributed by atoms with Crippen LogP contribution in [0.2, 0.25) is 0 Å². The highest BCUT2D eigenvalue weighted by Gasteiger charge is 2.15. The quantitative estimate of drug-likeness (QED) is 0.309. The zero-order chi connectivity index (χ0) is 21.9. The van der Waals surface area contributed by atoms with E-state index in [2.05, 4.69) is 123 Å². The van der Waals surface area contributed by atoms with Gasteiger partial charge in [-0.3, -0.25) is 0 Å². The molecule has 0 unspecified atom stereocenters. The van der Waals surface area contributed by atoms with Crippen molar-refractivity contribution in [2.75, 3.05) is 0 Å². The summed E-state index contributed by atoms with van der Waals surface area (Å²) in [7, 11) is 0. The highest BCUT2D eigenvalue weighted by Crippen LogP contribution is 2.34. The van der Waals surface area contributed by atoms with Crippen molar-refractivity contribution in [2.45, 2.75) is 26.7 Å². The lowest BCUT2D eigenvalue weighted by atomic mass is 9.96. The summed E-state index contributed by atoms with van der Waals surface area (Å²) >= 11 is 0. The minimum atomic E-state index is 1.10. The van der Waals surface area contributed by atoms with Gasteiger partial charge in [-0.25, -0.2) is 0 Å². The third-order valence-electron chi connectivity index (χ3n) is 6.31. The lowest BCUT2D eigenvalue weighted by molar-refractivity contribution is 1.20. The molecule has 0 aliphatic heterocycles. The first-order valence-electron chi connectivity index (χ1n) is 11.4. The van der Waals surface area contributed by atoms with Crippen molar-refractivity contribution in [2.24, 2.45) is 0 Å². The van der Waals surface area contributed by atoms with E-state index in [4.69, 9.17) is 0 Å². The van der Waals surface area contributed by atoms with Gasteiger partial charge in [-0.15, -0.1) is 0 Å². The molecule has 4 aromatic carbocycles. The minimum Gasteiger partial charge on any atom is -0.0683 e. The lowest BCUT2D eigenvalue weighted by Crippen LogP contribution is -1.88. The summed E-state index contributed by atoms with van der Waals surface area (Å²) in [5.74, 6) is 0. The molecule has 6 rings (SSSR count). The van der Waals surface area contributed by atoms with E-state index in [0.29, 0.717) is 0 Å². The van der Waals surface area contributed by atoms with Gasteiger partial charge in [-0.05, 0) is 71.2 Å². The van der Waals surface area contributed by atoms with Crippen molar-refractivity contribution in [1.82, 2.24) is 0 Å². The first kappa shape index (κ1) is 20.3. The first-order valence-corrected chi connectivity index (χ1v) is 11.4. The number of rotatable bonds is 2. The molecule has 0 bridgehead atoms. The number of fused-ring (bicyclic) bond motifs is 2. The standard InChI is InChI=1S/2C16H14/c2*1-12-10-14-8-5-9-15(16(14)11-12)13-6-3-2-4-7-13/h2*2-10H,11H2,1H3. The SMILES string of the molecule is CC1=Cc2cccc(-c3ccccc3)c2C1.CC1=Cc2cccc(-c3ccccc3)c2C1. The third kappa shape index (κ3) is 4.09. The topological polar surface area (TPSA) is 0 Å². The molecule has 0 fully saturated rings. The molecule has 156 valence electrons. The van der Waals surface area contributed by atoms with Crippen LogP contribution < -0.4 is 0 Å². The summed E-state index contributed by atoms with van der Waals surface area (Å²) in [6, 6.07) is 34.4. The molecule has 0 N–H and O–H groups in total. The van der Waals surface area contributed by atoms with Crippen LogP contribution in [0.5, 0.6) is 0 Å². The van der Waals surface area contributed by atoms with Crippen molar-refractivity contribution in [1.29, 1.82) is 0 Å². The first-order chi connectivity index (χ1) is 15.7. The van der Waals surface area contributed by atoms with Gasteiger partial charge in [-0.2, -0.15) is 0 Å². The maximum atomic E-state index is 2.29. The zero-order valence-corrected chi connectivity index (χ0v) is 18.8. The van der Waals surface area contributed by atoms with Gasteiger partial charge in [-0.1, -0.05) is 120 Å². The number of hydrogen-bond acceptors (Lipinski definition) is 0. The predicted molar refractivity (Wildman–Crippen MR) is 138 cm³/mol. The second kappa shape index (κ2) is 8.85. The highest BCUT2D eigenvalue weighted by molar-refractivity contribution is 5.78. The van der Waals surface area contributed by atoms with E-state index in [9.17, 15) is 0 Å². The van der Waals surface area contributed by atoms with E-state index < -0.39 is 0 Å². The Kier molecular flexibility index (Phi) is 5.60.